The second kappa shape index (κ2) is 21.8. The minimum Gasteiger partial charge on any atom is -0.520 e. The van der Waals surface area contributed by atoms with E-state index < -0.39 is 17.6 Å². The van der Waals surface area contributed by atoms with Crippen LogP contribution in [0, 0.1) is 18.3 Å². The van der Waals surface area contributed by atoms with Gasteiger partial charge in [-0.15, -0.1) is 0 Å². The molecule has 1 aromatic heterocycles. The molecule has 2 heterocycles. The Morgan fingerprint density at radius 1 is 1.09 bits per heavy atom. The largest absolute Gasteiger partial charge is 0.520 e. The number of hydrogen-bond donors (Lipinski definition) is 4. The van der Waals surface area contributed by atoms with Crippen LogP contribution >= 0.6 is 11.6 Å². The van der Waals surface area contributed by atoms with Crippen molar-refractivity contribution in [3.63, 3.8) is 0 Å². The molecule has 2 aliphatic rings. The maximum atomic E-state index is 14.8. The molecule has 0 spiro atoms. The van der Waals surface area contributed by atoms with Crippen LogP contribution in [0.25, 0.3) is 11.1 Å². The smallest absolute Gasteiger partial charge is 0.272 e. The van der Waals surface area contributed by atoms with Gasteiger partial charge in [0, 0.05) is 61.8 Å². The van der Waals surface area contributed by atoms with Crippen LogP contribution < -0.4 is 16.8 Å². The molecule has 1 fully saturated rings. The Morgan fingerprint density at radius 3 is 2.46 bits per heavy atom. The van der Waals surface area contributed by atoms with E-state index in [2.05, 4.69) is 16.0 Å². The van der Waals surface area contributed by atoms with Gasteiger partial charge >= 0.3 is 0 Å². The number of pyridine rings is 1. The van der Waals surface area contributed by atoms with Gasteiger partial charge in [-0.25, -0.2) is 9.37 Å². The van der Waals surface area contributed by atoms with Gasteiger partial charge < -0.3 is 46.4 Å². The van der Waals surface area contributed by atoms with E-state index in [0.29, 0.717) is 23.6 Å². The minimum absolute atomic E-state index is 0. The van der Waals surface area contributed by atoms with E-state index in [1.54, 1.807) is 41.8 Å². The second-order valence-corrected chi connectivity index (χ2v) is 13.4. The average Bonchev–Trinajstić information content (AvgIpc) is 3.19. The van der Waals surface area contributed by atoms with Gasteiger partial charge in [0.15, 0.2) is 5.69 Å². The van der Waals surface area contributed by atoms with Crippen LogP contribution in [0.2, 0.25) is 5.02 Å². The quantitative estimate of drug-likeness (QED) is 0.0583. The van der Waals surface area contributed by atoms with Crippen molar-refractivity contribution in [1.29, 1.82) is 5.41 Å². The molecule has 0 saturated carbocycles. The summed E-state index contributed by atoms with van der Waals surface area (Å²) in [5.74, 6) is -1.97. The first-order valence-electron chi connectivity index (χ1n) is 17.9. The van der Waals surface area contributed by atoms with Crippen LogP contribution in [0.1, 0.15) is 34.5 Å². The van der Waals surface area contributed by atoms with Crippen molar-refractivity contribution < 1.29 is 33.1 Å². The summed E-state index contributed by atoms with van der Waals surface area (Å²) in [6.45, 7) is 3.13. The normalized spacial score (nSPS) is 14.8. The van der Waals surface area contributed by atoms with Crippen molar-refractivity contribution in [2.24, 2.45) is 11.7 Å². The van der Waals surface area contributed by atoms with E-state index in [1.165, 1.54) is 15.9 Å². The van der Waals surface area contributed by atoms with Gasteiger partial charge in [-0.05, 0) is 66.6 Å². The third-order valence-corrected chi connectivity index (χ3v) is 9.36. The Balaban J connectivity index is 0.00000211. The predicted octanol–water partition coefficient (Wildman–Crippen LogP) is 3.44. The molecule has 5 amide bonds. The van der Waals surface area contributed by atoms with Crippen molar-refractivity contribution in [2.75, 3.05) is 64.8 Å². The van der Waals surface area contributed by atoms with Crippen molar-refractivity contribution in [2.45, 2.75) is 19.8 Å². The number of nitrogens with zero attached hydrogens (tertiary/aromatic N) is 4. The van der Waals surface area contributed by atoms with Gasteiger partial charge in [-0.3, -0.25) is 19.2 Å². The van der Waals surface area contributed by atoms with Crippen molar-refractivity contribution in [3.05, 3.63) is 106 Å². The zero-order valence-corrected chi connectivity index (χ0v) is 34.5. The Hall–Kier alpha value is -6.93. The Kier molecular flexibility index (Phi) is 17.0. The number of hydrogen-bond acceptors (Lipinski definition) is 9. The Morgan fingerprint density at radius 2 is 1.79 bits per heavy atom. The topological polar surface area (TPSA) is 205 Å². The second-order valence-electron chi connectivity index (χ2n) is 13.0. The van der Waals surface area contributed by atoms with Gasteiger partial charge in [0.25, 0.3) is 11.8 Å². The zero-order chi connectivity index (χ0) is 40.6. The number of halogens is 2. The molecule has 5 rings (SSSR count). The molecule has 0 radical (unpaired) electrons. The molecule has 17 heteroatoms. The number of primary amides is 1. The van der Waals surface area contributed by atoms with Crippen LogP contribution in [0.3, 0.4) is 0 Å². The molecule has 6 N–H and O–H groups in total. The summed E-state index contributed by atoms with van der Waals surface area (Å²) < 4.78 is 20.4. The average molecular weight is 1050 g/mol. The molecule has 14 nitrogen and oxygen atoms in total. The van der Waals surface area contributed by atoms with Crippen LogP contribution in [0.5, 0.6) is 0 Å². The Labute approximate surface area is 329 Å². The van der Waals surface area contributed by atoms with E-state index in [0.717, 1.165) is 22.3 Å². The number of ether oxygens (including phenoxy) is 1. The van der Waals surface area contributed by atoms with Crippen LogP contribution in [-0.4, -0.2) is 115 Å². The number of anilines is 1. The number of nitrogens with one attached hydrogen (secondary N) is 2. The molecule has 0 bridgehead atoms. The molecule has 1 saturated heterocycles. The summed E-state index contributed by atoms with van der Waals surface area (Å²) in [7, 11) is 0. The Bertz CT molecular complexity index is 1970. The first-order chi connectivity index (χ1) is 26.9. The van der Waals surface area contributed by atoms with Gasteiger partial charge in [0.05, 0.1) is 31.0 Å². The number of allylic oxidation sites excluding steroid dienone is 2. The number of carbonyl (C=O) groups is 4. The van der Waals surface area contributed by atoms with Crippen LogP contribution in [0.15, 0.2) is 84.3 Å². The predicted molar refractivity (Wildman–Crippen MR) is 211 cm³/mol. The zero-order valence-electron chi connectivity index (χ0n) is 31.3. The van der Waals surface area contributed by atoms with Gasteiger partial charge in [-0.2, -0.15) is 6.41 Å². The molecule has 2 aromatic carbocycles. The molecule has 1 aliphatic carbocycles. The fourth-order valence-electron chi connectivity index (χ4n) is 6.19. The summed E-state index contributed by atoms with van der Waals surface area (Å²) in [6.07, 6.45) is 7.37. The summed E-state index contributed by atoms with van der Waals surface area (Å²) in [5, 5.41) is 11.8. The van der Waals surface area contributed by atoms with Gasteiger partial charge in [0.1, 0.15) is 5.83 Å². The van der Waals surface area contributed by atoms with Crippen molar-refractivity contribution >= 4 is 53.5 Å². The van der Waals surface area contributed by atoms with Crippen LogP contribution in [0.4, 0.5) is 10.1 Å². The maximum absolute atomic E-state index is 14.8. The summed E-state index contributed by atoms with van der Waals surface area (Å²) in [6, 6.07) is 16.5. The van der Waals surface area contributed by atoms with Gasteiger partial charge in [-0.1, -0.05) is 54.1 Å². The molecule has 308 valence electrons. The molecule has 1 unspecified atom stereocenters. The standard InChI is InChI=1S/C39H42ClFN7O5.CH3NO.Fm/c1-26-5-2-3-8-31(26)34(42)20-27-9-10-33(41)32(19-27)39(52)48-14-12-47(13-15-48)36(50)24-46(25-49)16-18-53-17-11-44-38(51)37-35(43)22-29(23-45-37)28-6-4-7-30(40)21-28;2-1-3;/h2-8,10,19,21-23,27,42H,9,11-18,20,24,43H2,1H3,(H,44,51);1H,(H2,2,3);/q-1;;. The summed E-state index contributed by atoms with van der Waals surface area (Å²) in [5.41, 5.74) is 14.3. The van der Waals surface area contributed by atoms with E-state index in [4.69, 9.17) is 32.3 Å². The summed E-state index contributed by atoms with van der Waals surface area (Å²) in [4.78, 5) is 67.5. The molecular weight excluding hydrogens is 1000 g/mol. The number of aromatic nitrogens is 1. The number of nitrogen functional groups attached to an aromatic ring is 1. The van der Waals surface area contributed by atoms with Crippen molar-refractivity contribution in [1.82, 2.24) is 25.0 Å². The van der Waals surface area contributed by atoms with E-state index >= 15 is 0 Å². The SMILES string of the molecule is Cc1ccccc1C(=N)CC1C=C(C(=O)N2CCN(C(=O)CN([C-]=O)CCOCCNC(=O)c3ncc(-c4cccc(Cl)c4)cc3N)CC2)C(F)=CC1.NC=O.[Fm]. The van der Waals surface area contributed by atoms with Gasteiger partial charge in [0.2, 0.25) is 12.3 Å². The number of nitrogens with two attached hydrogens (primary N) is 2. The first kappa shape index (κ1) is 44.5. The molecular formula is C40H45ClFFmN8O6-. The van der Waals surface area contributed by atoms with E-state index in [9.17, 15) is 23.6 Å². The fraction of sp³-hybridized carbons (Fsp3) is 0.325. The number of benzene rings is 2. The first-order valence-corrected chi connectivity index (χ1v) is 18.3. The maximum Gasteiger partial charge on any atom is 0.272 e. The number of amides is 5. The number of rotatable bonds is 15. The van der Waals surface area contributed by atoms with E-state index in [-0.39, 0.29) is 94.2 Å². The molecule has 57 heavy (non-hydrogen) atoms. The van der Waals surface area contributed by atoms with Crippen LogP contribution in [-0.2, 0) is 23.9 Å². The molecule has 3 aromatic rings. The minimum atomic E-state index is -0.573. The van der Waals surface area contributed by atoms with Crippen molar-refractivity contribution in [3.8, 4) is 11.1 Å². The third-order valence-electron chi connectivity index (χ3n) is 9.13. The molecule has 1 atom stereocenters. The van der Waals surface area contributed by atoms with E-state index in [1.807, 2.05) is 43.3 Å². The fourth-order valence-corrected chi connectivity index (χ4v) is 6.38. The third kappa shape index (κ3) is 12.6. The summed E-state index contributed by atoms with van der Waals surface area (Å²) >= 11 is 6.06. The molecule has 1 aliphatic heterocycles. The number of piperazine rings is 1. The monoisotopic (exact) mass is 1040 g/mol. The number of aryl methyl sites for hydroxylation is 1. The number of carbonyl (C=O) groups excluding carboxylic acids is 5.